The first-order valence-electron chi connectivity index (χ1n) is 10.3. The van der Waals surface area contributed by atoms with E-state index in [2.05, 4.69) is 15.0 Å². The molecule has 0 bridgehead atoms. The van der Waals surface area contributed by atoms with Crippen molar-refractivity contribution in [2.75, 3.05) is 0 Å². The van der Waals surface area contributed by atoms with Crippen LogP contribution in [0.5, 0.6) is 0 Å². The molecule has 0 aliphatic heterocycles. The van der Waals surface area contributed by atoms with Crippen molar-refractivity contribution in [3.05, 3.63) is 86.5 Å². The third kappa shape index (κ3) is 3.71. The minimum Gasteiger partial charge on any atom is -0.268 e. The molecule has 3 aromatic heterocycles. The SMILES string of the molecule is CC(C)c1ncnc(C(C)C)c1-n1c(=O)n(-c2ccc(F)cc2F)c(=O)c2cc(F)cnc21. The Morgan fingerprint density at radius 3 is 2.03 bits per heavy atom. The normalized spacial score (nSPS) is 11.7. The highest BCUT2D eigenvalue weighted by Crippen LogP contribution is 2.28. The number of nitrogens with zero attached hydrogens (tertiary/aromatic N) is 5. The molecule has 0 radical (unpaired) electrons. The van der Waals surface area contributed by atoms with Crippen LogP contribution in [0, 0.1) is 17.5 Å². The van der Waals surface area contributed by atoms with Gasteiger partial charge in [0.15, 0.2) is 5.65 Å². The van der Waals surface area contributed by atoms with Gasteiger partial charge in [0, 0.05) is 6.07 Å². The Hall–Kier alpha value is -3.82. The lowest BCUT2D eigenvalue weighted by Crippen LogP contribution is -2.40. The quantitative estimate of drug-likeness (QED) is 0.465. The molecular formula is C23H20F3N5O2. The molecule has 0 saturated heterocycles. The van der Waals surface area contributed by atoms with Crippen LogP contribution in [-0.4, -0.2) is 24.1 Å². The summed E-state index contributed by atoms with van der Waals surface area (Å²) in [5.41, 5.74) is -1.27. The van der Waals surface area contributed by atoms with Crippen LogP contribution in [0.2, 0.25) is 0 Å². The Labute approximate surface area is 186 Å². The average Bonchev–Trinajstić information content (AvgIpc) is 2.75. The van der Waals surface area contributed by atoms with E-state index < -0.39 is 34.4 Å². The topological polar surface area (TPSA) is 82.7 Å². The average molecular weight is 455 g/mol. The van der Waals surface area contributed by atoms with Gasteiger partial charge in [0.05, 0.1) is 34.3 Å². The molecule has 0 spiro atoms. The molecule has 0 atom stereocenters. The molecular weight excluding hydrogens is 435 g/mol. The van der Waals surface area contributed by atoms with Crippen LogP contribution in [0.15, 0.2) is 46.4 Å². The van der Waals surface area contributed by atoms with Crippen molar-refractivity contribution >= 4 is 11.0 Å². The number of halogens is 3. The second-order valence-electron chi connectivity index (χ2n) is 8.18. The van der Waals surface area contributed by atoms with E-state index in [1.165, 1.54) is 6.33 Å². The van der Waals surface area contributed by atoms with E-state index in [-0.39, 0.29) is 28.6 Å². The van der Waals surface area contributed by atoms with Crippen LogP contribution in [0.4, 0.5) is 13.2 Å². The molecule has 0 saturated carbocycles. The van der Waals surface area contributed by atoms with Gasteiger partial charge in [-0.15, -0.1) is 0 Å². The van der Waals surface area contributed by atoms with Gasteiger partial charge in [-0.25, -0.2) is 42.1 Å². The summed E-state index contributed by atoms with van der Waals surface area (Å²) in [5.74, 6) is -3.13. The fourth-order valence-corrected chi connectivity index (χ4v) is 3.72. The second kappa shape index (κ2) is 8.27. The highest BCUT2D eigenvalue weighted by molar-refractivity contribution is 5.76. The van der Waals surface area contributed by atoms with Crippen LogP contribution >= 0.6 is 0 Å². The van der Waals surface area contributed by atoms with Crippen molar-refractivity contribution in [2.24, 2.45) is 0 Å². The van der Waals surface area contributed by atoms with Gasteiger partial charge >= 0.3 is 5.69 Å². The molecule has 33 heavy (non-hydrogen) atoms. The Kier molecular flexibility index (Phi) is 5.61. The Morgan fingerprint density at radius 1 is 0.818 bits per heavy atom. The predicted molar refractivity (Wildman–Crippen MR) is 117 cm³/mol. The first-order valence-corrected chi connectivity index (χ1v) is 10.3. The van der Waals surface area contributed by atoms with Crippen molar-refractivity contribution in [3.8, 4) is 11.4 Å². The molecule has 3 heterocycles. The van der Waals surface area contributed by atoms with Crippen molar-refractivity contribution in [3.63, 3.8) is 0 Å². The molecule has 170 valence electrons. The van der Waals surface area contributed by atoms with Gasteiger partial charge in [0.2, 0.25) is 0 Å². The summed E-state index contributed by atoms with van der Waals surface area (Å²) in [4.78, 5) is 39.6. The highest BCUT2D eigenvalue weighted by Gasteiger charge is 2.25. The number of fused-ring (bicyclic) bond motifs is 1. The van der Waals surface area contributed by atoms with Crippen molar-refractivity contribution in [2.45, 2.75) is 39.5 Å². The third-order valence-electron chi connectivity index (χ3n) is 5.21. The zero-order valence-corrected chi connectivity index (χ0v) is 18.3. The Balaban J connectivity index is 2.28. The summed E-state index contributed by atoms with van der Waals surface area (Å²) >= 11 is 0. The van der Waals surface area contributed by atoms with E-state index in [4.69, 9.17) is 0 Å². The minimum atomic E-state index is -1.12. The molecule has 4 rings (SSSR count). The summed E-state index contributed by atoms with van der Waals surface area (Å²) in [6.45, 7) is 7.47. The van der Waals surface area contributed by atoms with Gasteiger partial charge in [-0.2, -0.15) is 0 Å². The van der Waals surface area contributed by atoms with E-state index in [9.17, 15) is 22.8 Å². The standard InChI is InChI=1S/C23H20F3N5O2/c1-11(2)18-20(19(12(3)4)29-10-28-18)31-21-15(7-14(25)9-27-21)22(32)30(23(31)33)17-6-5-13(24)8-16(17)26/h5-12H,1-4H3. The zero-order valence-electron chi connectivity index (χ0n) is 18.3. The van der Waals surface area contributed by atoms with E-state index in [0.29, 0.717) is 22.0 Å². The fraction of sp³-hybridized carbons (Fsp3) is 0.261. The van der Waals surface area contributed by atoms with Crippen molar-refractivity contribution in [1.82, 2.24) is 24.1 Å². The van der Waals surface area contributed by atoms with E-state index in [1.54, 1.807) is 0 Å². The van der Waals surface area contributed by atoms with Crippen LogP contribution < -0.4 is 11.2 Å². The summed E-state index contributed by atoms with van der Waals surface area (Å²) in [6.07, 6.45) is 2.26. The molecule has 1 aromatic carbocycles. The molecule has 7 nitrogen and oxygen atoms in total. The summed E-state index contributed by atoms with van der Waals surface area (Å²) < 4.78 is 43.9. The third-order valence-corrected chi connectivity index (χ3v) is 5.21. The van der Waals surface area contributed by atoms with Gasteiger partial charge in [0.1, 0.15) is 23.8 Å². The van der Waals surface area contributed by atoms with Crippen LogP contribution in [-0.2, 0) is 0 Å². The van der Waals surface area contributed by atoms with Crippen molar-refractivity contribution < 1.29 is 13.2 Å². The first kappa shape index (κ1) is 22.4. The molecule has 0 amide bonds. The smallest absolute Gasteiger partial charge is 0.268 e. The molecule has 0 aliphatic rings. The van der Waals surface area contributed by atoms with Crippen LogP contribution in [0.1, 0.15) is 50.9 Å². The number of hydrogen-bond acceptors (Lipinski definition) is 5. The van der Waals surface area contributed by atoms with Gasteiger partial charge in [-0.05, 0) is 30.0 Å². The molecule has 0 fully saturated rings. The number of hydrogen-bond donors (Lipinski definition) is 0. The summed E-state index contributed by atoms with van der Waals surface area (Å²) in [7, 11) is 0. The van der Waals surface area contributed by atoms with Crippen LogP contribution in [0.3, 0.4) is 0 Å². The van der Waals surface area contributed by atoms with Gasteiger partial charge in [-0.1, -0.05) is 27.7 Å². The first-order chi connectivity index (χ1) is 15.6. The number of aromatic nitrogens is 5. The second-order valence-corrected chi connectivity index (χ2v) is 8.18. The van der Waals surface area contributed by atoms with Gasteiger partial charge < -0.3 is 0 Å². The minimum absolute atomic E-state index is 0.122. The lowest BCUT2D eigenvalue weighted by atomic mass is 10.0. The predicted octanol–water partition coefficient (Wildman–Crippen LogP) is 3.99. The van der Waals surface area contributed by atoms with E-state index in [0.717, 1.165) is 29.0 Å². The Bertz CT molecular complexity index is 1480. The summed E-state index contributed by atoms with van der Waals surface area (Å²) in [6, 6.07) is 3.38. The van der Waals surface area contributed by atoms with Crippen LogP contribution in [0.25, 0.3) is 22.4 Å². The largest absolute Gasteiger partial charge is 0.342 e. The summed E-state index contributed by atoms with van der Waals surface area (Å²) in [5, 5.41) is -0.258. The lowest BCUT2D eigenvalue weighted by molar-refractivity contribution is 0.573. The lowest BCUT2D eigenvalue weighted by Gasteiger charge is -2.21. The number of pyridine rings is 1. The maximum atomic E-state index is 14.7. The number of benzene rings is 1. The monoisotopic (exact) mass is 455 g/mol. The fourth-order valence-electron chi connectivity index (χ4n) is 3.72. The molecule has 0 unspecified atom stereocenters. The molecule has 10 heteroatoms. The molecule has 0 N–H and O–H groups in total. The van der Waals surface area contributed by atoms with Crippen molar-refractivity contribution in [1.29, 1.82) is 0 Å². The number of rotatable bonds is 4. The molecule has 0 aliphatic carbocycles. The van der Waals surface area contributed by atoms with Gasteiger partial charge in [0.25, 0.3) is 5.56 Å². The van der Waals surface area contributed by atoms with Gasteiger partial charge in [-0.3, -0.25) is 4.79 Å². The zero-order chi connectivity index (χ0) is 24.0. The maximum absolute atomic E-state index is 14.7. The molecule has 4 aromatic rings. The van der Waals surface area contributed by atoms with E-state index in [1.807, 2.05) is 27.7 Å². The maximum Gasteiger partial charge on any atom is 0.342 e. The highest BCUT2D eigenvalue weighted by atomic mass is 19.1. The Morgan fingerprint density at radius 2 is 1.45 bits per heavy atom. The van der Waals surface area contributed by atoms with E-state index >= 15 is 0 Å².